The van der Waals surface area contributed by atoms with Crippen molar-refractivity contribution >= 4 is 0 Å². The zero-order chi connectivity index (χ0) is 14.4. The summed E-state index contributed by atoms with van der Waals surface area (Å²) in [6.07, 6.45) is 5.05. The van der Waals surface area contributed by atoms with E-state index in [2.05, 4.69) is 42.6 Å². The third-order valence-corrected chi connectivity index (χ3v) is 3.50. The Labute approximate surface area is 120 Å². The normalized spacial score (nSPS) is 12.3. The molecule has 0 saturated heterocycles. The van der Waals surface area contributed by atoms with Gasteiger partial charge in [0.05, 0.1) is 13.3 Å². The predicted octanol–water partition coefficient (Wildman–Crippen LogP) is 2.80. The van der Waals surface area contributed by atoms with Gasteiger partial charge < -0.3 is 10.1 Å². The molecule has 1 aromatic carbocycles. The van der Waals surface area contributed by atoms with Crippen molar-refractivity contribution in [1.29, 1.82) is 0 Å². The fraction of sp³-hybridized carbons (Fsp3) is 0.438. The van der Waals surface area contributed by atoms with Crippen LogP contribution in [-0.2, 0) is 13.0 Å². The molecule has 1 unspecified atom stereocenters. The van der Waals surface area contributed by atoms with E-state index in [9.17, 15) is 0 Å². The molecule has 0 aliphatic carbocycles. The Kier molecular flexibility index (Phi) is 5.18. The third-order valence-electron chi connectivity index (χ3n) is 3.50. The Morgan fingerprint density at radius 1 is 1.30 bits per heavy atom. The van der Waals surface area contributed by atoms with Crippen molar-refractivity contribution < 1.29 is 4.74 Å². The minimum Gasteiger partial charge on any atom is -0.497 e. The van der Waals surface area contributed by atoms with Crippen molar-refractivity contribution in [3.63, 3.8) is 0 Å². The Bertz CT molecular complexity index is 519. The van der Waals surface area contributed by atoms with E-state index in [4.69, 9.17) is 4.74 Å². The monoisotopic (exact) mass is 273 g/mol. The highest BCUT2D eigenvalue weighted by Crippen LogP contribution is 2.13. The van der Waals surface area contributed by atoms with Crippen molar-refractivity contribution in [2.45, 2.75) is 32.9 Å². The number of methoxy groups -OCH3 is 1. The number of ether oxygens (including phenoxy) is 1. The highest BCUT2D eigenvalue weighted by molar-refractivity contribution is 5.27. The lowest BCUT2D eigenvalue weighted by Gasteiger charge is -2.12. The SMILES string of the molecule is CCn1cc(C(C)NCCc2ccc(OC)cc2)cn1. The van der Waals surface area contributed by atoms with E-state index in [-0.39, 0.29) is 0 Å². The summed E-state index contributed by atoms with van der Waals surface area (Å²) in [7, 11) is 1.69. The van der Waals surface area contributed by atoms with Gasteiger partial charge in [-0.15, -0.1) is 0 Å². The molecular weight excluding hydrogens is 250 g/mol. The largest absolute Gasteiger partial charge is 0.497 e. The Morgan fingerprint density at radius 2 is 2.05 bits per heavy atom. The number of nitrogens with one attached hydrogen (secondary N) is 1. The Morgan fingerprint density at radius 3 is 2.65 bits per heavy atom. The van der Waals surface area contributed by atoms with Gasteiger partial charge in [0.1, 0.15) is 5.75 Å². The molecule has 2 aromatic rings. The van der Waals surface area contributed by atoms with Crippen molar-refractivity contribution in [3.05, 3.63) is 47.8 Å². The van der Waals surface area contributed by atoms with Crippen LogP contribution in [0.15, 0.2) is 36.7 Å². The molecule has 1 N–H and O–H groups in total. The van der Waals surface area contributed by atoms with Crippen LogP contribution in [0.4, 0.5) is 0 Å². The molecule has 4 heteroatoms. The molecule has 0 aliphatic heterocycles. The van der Waals surface area contributed by atoms with E-state index in [1.807, 2.05) is 23.0 Å². The van der Waals surface area contributed by atoms with Gasteiger partial charge in [-0.25, -0.2) is 0 Å². The zero-order valence-corrected chi connectivity index (χ0v) is 12.5. The van der Waals surface area contributed by atoms with Gasteiger partial charge in [-0.1, -0.05) is 12.1 Å². The van der Waals surface area contributed by atoms with Crippen LogP contribution >= 0.6 is 0 Å². The van der Waals surface area contributed by atoms with E-state index in [1.165, 1.54) is 11.1 Å². The quantitative estimate of drug-likeness (QED) is 0.843. The highest BCUT2D eigenvalue weighted by atomic mass is 16.5. The molecule has 0 aliphatic rings. The fourth-order valence-electron chi connectivity index (χ4n) is 2.12. The Balaban J connectivity index is 1.79. The van der Waals surface area contributed by atoms with Gasteiger partial charge in [0.15, 0.2) is 0 Å². The first-order chi connectivity index (χ1) is 9.72. The van der Waals surface area contributed by atoms with E-state index in [1.54, 1.807) is 7.11 Å². The first-order valence-corrected chi connectivity index (χ1v) is 7.11. The topological polar surface area (TPSA) is 39.1 Å². The van der Waals surface area contributed by atoms with E-state index >= 15 is 0 Å². The van der Waals surface area contributed by atoms with Crippen LogP contribution in [0.1, 0.15) is 31.0 Å². The van der Waals surface area contributed by atoms with Crippen molar-refractivity contribution in [2.24, 2.45) is 0 Å². The molecule has 0 spiro atoms. The van der Waals surface area contributed by atoms with Gasteiger partial charge in [0.25, 0.3) is 0 Å². The number of benzene rings is 1. The summed E-state index contributed by atoms with van der Waals surface area (Å²) in [5.41, 5.74) is 2.55. The van der Waals surface area contributed by atoms with Gasteiger partial charge in [-0.05, 0) is 44.5 Å². The molecule has 0 amide bonds. The molecule has 0 fully saturated rings. The van der Waals surface area contributed by atoms with Crippen LogP contribution in [0.3, 0.4) is 0 Å². The van der Waals surface area contributed by atoms with Crippen LogP contribution in [-0.4, -0.2) is 23.4 Å². The van der Waals surface area contributed by atoms with Gasteiger partial charge >= 0.3 is 0 Å². The molecule has 1 atom stereocenters. The summed E-state index contributed by atoms with van der Waals surface area (Å²) < 4.78 is 7.11. The first-order valence-electron chi connectivity index (χ1n) is 7.11. The lowest BCUT2D eigenvalue weighted by Crippen LogP contribution is -2.21. The van der Waals surface area contributed by atoms with Crippen LogP contribution in [0, 0.1) is 0 Å². The lowest BCUT2D eigenvalue weighted by atomic mass is 10.1. The van der Waals surface area contributed by atoms with Gasteiger partial charge in [-0.3, -0.25) is 4.68 Å². The number of hydrogen-bond donors (Lipinski definition) is 1. The van der Waals surface area contributed by atoms with Crippen molar-refractivity contribution in [3.8, 4) is 5.75 Å². The molecule has 1 heterocycles. The van der Waals surface area contributed by atoms with Crippen molar-refractivity contribution in [1.82, 2.24) is 15.1 Å². The molecule has 1 aromatic heterocycles. The standard InChI is InChI=1S/C16H23N3O/c1-4-19-12-15(11-18-19)13(2)17-10-9-14-5-7-16(20-3)8-6-14/h5-8,11-13,17H,4,9-10H2,1-3H3. The summed E-state index contributed by atoms with van der Waals surface area (Å²) in [4.78, 5) is 0. The first kappa shape index (κ1) is 14.6. The molecule has 20 heavy (non-hydrogen) atoms. The number of aryl methyl sites for hydroxylation is 1. The summed E-state index contributed by atoms with van der Waals surface area (Å²) in [5.74, 6) is 0.905. The molecule has 0 bridgehead atoms. The predicted molar refractivity (Wildman–Crippen MR) is 81.0 cm³/mol. The zero-order valence-electron chi connectivity index (χ0n) is 12.5. The third kappa shape index (κ3) is 3.84. The van der Waals surface area contributed by atoms with Crippen LogP contribution in [0.5, 0.6) is 5.75 Å². The van der Waals surface area contributed by atoms with Crippen LogP contribution < -0.4 is 10.1 Å². The molecular formula is C16H23N3O. The molecule has 2 rings (SSSR count). The summed E-state index contributed by atoms with van der Waals surface area (Å²) >= 11 is 0. The number of nitrogens with zero attached hydrogens (tertiary/aromatic N) is 2. The number of rotatable bonds is 7. The second-order valence-electron chi connectivity index (χ2n) is 4.90. The molecule has 108 valence electrons. The molecule has 0 saturated carbocycles. The minimum absolute atomic E-state index is 0.327. The molecule has 4 nitrogen and oxygen atoms in total. The average molecular weight is 273 g/mol. The second-order valence-corrected chi connectivity index (χ2v) is 4.90. The highest BCUT2D eigenvalue weighted by Gasteiger charge is 2.06. The summed E-state index contributed by atoms with van der Waals surface area (Å²) in [6.45, 7) is 6.13. The van der Waals surface area contributed by atoms with Gasteiger partial charge in [-0.2, -0.15) is 5.10 Å². The number of aromatic nitrogens is 2. The van der Waals surface area contributed by atoms with Gasteiger partial charge in [0.2, 0.25) is 0 Å². The van der Waals surface area contributed by atoms with Crippen LogP contribution in [0.2, 0.25) is 0 Å². The fourth-order valence-corrected chi connectivity index (χ4v) is 2.12. The minimum atomic E-state index is 0.327. The van der Waals surface area contributed by atoms with Gasteiger partial charge in [0, 0.05) is 24.3 Å². The lowest BCUT2D eigenvalue weighted by molar-refractivity contribution is 0.414. The smallest absolute Gasteiger partial charge is 0.118 e. The summed E-state index contributed by atoms with van der Waals surface area (Å²) in [6, 6.07) is 8.56. The second kappa shape index (κ2) is 7.10. The average Bonchev–Trinajstić information content (AvgIpc) is 2.97. The maximum absolute atomic E-state index is 5.16. The van der Waals surface area contributed by atoms with E-state index < -0.39 is 0 Å². The maximum atomic E-state index is 5.16. The maximum Gasteiger partial charge on any atom is 0.118 e. The van der Waals surface area contributed by atoms with E-state index in [0.29, 0.717) is 6.04 Å². The van der Waals surface area contributed by atoms with Crippen LogP contribution in [0.25, 0.3) is 0 Å². The molecule has 0 radical (unpaired) electrons. The Hall–Kier alpha value is -1.81. The van der Waals surface area contributed by atoms with Crippen molar-refractivity contribution in [2.75, 3.05) is 13.7 Å². The summed E-state index contributed by atoms with van der Waals surface area (Å²) in [5, 5.41) is 7.83. The van der Waals surface area contributed by atoms with E-state index in [0.717, 1.165) is 25.3 Å². The number of hydrogen-bond acceptors (Lipinski definition) is 3.